The number of aliphatic imine (C=N–C) groups is 1. The molecule has 22 heavy (non-hydrogen) atoms. The summed E-state index contributed by atoms with van der Waals surface area (Å²) in [6, 6.07) is 12.8. The molecule has 0 unspecified atom stereocenters. The van der Waals surface area contributed by atoms with Gasteiger partial charge in [0.15, 0.2) is 0 Å². The number of ether oxygens (including phenoxy) is 1. The number of benzene rings is 2. The van der Waals surface area contributed by atoms with Crippen molar-refractivity contribution < 1.29 is 17.9 Å². The van der Waals surface area contributed by atoms with Gasteiger partial charge in [-0.15, -0.1) is 4.99 Å². The average molecular weight is 305 g/mol. The number of rotatable bonds is 2. The van der Waals surface area contributed by atoms with E-state index in [4.69, 9.17) is 10.00 Å². The molecular weight excluding hydrogens is 295 g/mol. The number of anilines is 1. The second kappa shape index (κ2) is 6.63. The fraction of sp³-hybridized carbons (Fsp3) is 0.0667. The van der Waals surface area contributed by atoms with Crippen LogP contribution < -0.4 is 10.1 Å². The van der Waals surface area contributed by atoms with Gasteiger partial charge in [0.2, 0.25) is 6.19 Å². The summed E-state index contributed by atoms with van der Waals surface area (Å²) in [5, 5.41) is 11.0. The molecule has 0 radical (unpaired) electrons. The van der Waals surface area contributed by atoms with E-state index in [1.165, 1.54) is 24.4 Å². The first-order valence-corrected chi connectivity index (χ1v) is 6.13. The first-order chi connectivity index (χ1) is 10.5. The third-order valence-electron chi connectivity index (χ3n) is 2.58. The summed E-state index contributed by atoms with van der Waals surface area (Å²) in [5.74, 6) is 0.341. The van der Waals surface area contributed by atoms with Crippen LogP contribution in [0.4, 0.5) is 18.9 Å². The molecule has 2 aromatic carbocycles. The maximum absolute atomic E-state index is 12.9. The van der Waals surface area contributed by atoms with E-state index in [0.29, 0.717) is 5.75 Å². The van der Waals surface area contributed by atoms with E-state index in [0.717, 1.165) is 6.07 Å². The standard InChI is InChI=1S/C15H10F3N3O/c16-15(17,18)12-8-4-5-9-13(12)21-14(20-10-19)22-11-6-2-1-3-7-11/h1-9H,(H,20,21). The van der Waals surface area contributed by atoms with Gasteiger partial charge in [0.1, 0.15) is 5.75 Å². The maximum Gasteiger partial charge on any atom is 0.418 e. The predicted octanol–water partition coefficient (Wildman–Crippen LogP) is 4.03. The number of para-hydroxylation sites is 2. The van der Waals surface area contributed by atoms with E-state index in [9.17, 15) is 13.2 Å². The van der Waals surface area contributed by atoms with Crippen molar-refractivity contribution in [3.05, 3.63) is 60.2 Å². The third kappa shape index (κ3) is 3.99. The van der Waals surface area contributed by atoms with Crippen LogP contribution in [0.2, 0.25) is 0 Å². The Bertz CT molecular complexity index is 706. The molecule has 0 saturated heterocycles. The monoisotopic (exact) mass is 305 g/mol. The predicted molar refractivity (Wildman–Crippen MR) is 75.2 cm³/mol. The molecule has 0 fully saturated rings. The molecule has 0 aliphatic carbocycles. The van der Waals surface area contributed by atoms with Crippen molar-refractivity contribution in [2.24, 2.45) is 4.99 Å². The van der Waals surface area contributed by atoms with E-state index in [1.807, 2.05) is 0 Å². The van der Waals surface area contributed by atoms with Gasteiger partial charge in [-0.1, -0.05) is 30.3 Å². The summed E-state index contributed by atoms with van der Waals surface area (Å²) in [4.78, 5) is 3.36. The summed E-state index contributed by atoms with van der Waals surface area (Å²) in [5.41, 5.74) is -1.13. The first kappa shape index (κ1) is 15.4. The van der Waals surface area contributed by atoms with E-state index in [-0.39, 0.29) is 11.7 Å². The number of halogens is 3. The average Bonchev–Trinajstić information content (AvgIpc) is 2.48. The Kier molecular flexibility index (Phi) is 4.63. The number of hydrogen-bond acceptors (Lipinski definition) is 3. The lowest BCUT2D eigenvalue weighted by atomic mass is 10.1. The van der Waals surface area contributed by atoms with Crippen LogP contribution in [-0.4, -0.2) is 6.02 Å². The quantitative estimate of drug-likeness (QED) is 0.517. The molecule has 0 saturated carbocycles. The van der Waals surface area contributed by atoms with Crippen LogP contribution >= 0.6 is 0 Å². The van der Waals surface area contributed by atoms with Crippen molar-refractivity contribution >= 4 is 11.7 Å². The highest BCUT2D eigenvalue weighted by Gasteiger charge is 2.33. The smallest absolute Gasteiger partial charge is 0.418 e. The van der Waals surface area contributed by atoms with Gasteiger partial charge < -0.3 is 10.1 Å². The molecule has 112 valence electrons. The zero-order valence-corrected chi connectivity index (χ0v) is 11.1. The van der Waals surface area contributed by atoms with E-state index in [2.05, 4.69) is 10.3 Å². The van der Waals surface area contributed by atoms with Gasteiger partial charge in [-0.05, 0) is 24.3 Å². The molecule has 2 aromatic rings. The molecule has 0 heterocycles. The van der Waals surface area contributed by atoms with Crippen LogP contribution in [0.5, 0.6) is 5.75 Å². The normalized spacial score (nSPS) is 11.6. The van der Waals surface area contributed by atoms with E-state index in [1.54, 1.807) is 30.3 Å². The lowest BCUT2D eigenvalue weighted by Crippen LogP contribution is -2.21. The summed E-state index contributed by atoms with van der Waals surface area (Å²) in [7, 11) is 0. The van der Waals surface area contributed by atoms with Gasteiger partial charge in [0.05, 0.1) is 11.3 Å². The summed E-state index contributed by atoms with van der Waals surface area (Å²) in [6.45, 7) is 0. The minimum atomic E-state index is -4.53. The molecule has 0 atom stereocenters. The molecule has 0 aliphatic rings. The molecule has 2 rings (SSSR count). The first-order valence-electron chi connectivity index (χ1n) is 6.13. The highest BCUT2D eigenvalue weighted by atomic mass is 19.4. The topological polar surface area (TPSA) is 57.4 Å². The van der Waals surface area contributed by atoms with Crippen LogP contribution in [0, 0.1) is 11.5 Å². The van der Waals surface area contributed by atoms with Crippen LogP contribution in [0.15, 0.2) is 59.6 Å². The summed E-state index contributed by atoms with van der Waals surface area (Å²) in [6.07, 6.45) is -3.05. The maximum atomic E-state index is 12.9. The fourth-order valence-electron chi connectivity index (χ4n) is 1.68. The van der Waals surface area contributed by atoms with Crippen molar-refractivity contribution in [3.63, 3.8) is 0 Å². The molecule has 0 spiro atoms. The van der Waals surface area contributed by atoms with Crippen LogP contribution in [0.3, 0.4) is 0 Å². The molecule has 0 bridgehead atoms. The highest BCUT2D eigenvalue weighted by molar-refractivity contribution is 5.92. The Hall–Kier alpha value is -3.01. The highest BCUT2D eigenvalue weighted by Crippen LogP contribution is 2.34. The van der Waals surface area contributed by atoms with Crippen LogP contribution in [0.1, 0.15) is 5.56 Å². The minimum Gasteiger partial charge on any atom is -0.425 e. The van der Waals surface area contributed by atoms with Gasteiger partial charge in [-0.3, -0.25) is 0 Å². The Morgan fingerprint density at radius 1 is 1.05 bits per heavy atom. The molecular formula is C15H10F3N3O. The SMILES string of the molecule is N#C/N=C(\Nc1ccccc1C(F)(F)F)Oc1ccccc1. The van der Waals surface area contributed by atoms with Gasteiger partial charge in [0, 0.05) is 0 Å². The van der Waals surface area contributed by atoms with Gasteiger partial charge in [-0.25, -0.2) is 0 Å². The minimum absolute atomic E-state index is 0.250. The summed E-state index contributed by atoms with van der Waals surface area (Å²) < 4.78 is 44.1. The van der Waals surface area contributed by atoms with Crippen molar-refractivity contribution in [2.75, 3.05) is 5.32 Å². The molecule has 7 heteroatoms. The molecule has 4 nitrogen and oxygen atoms in total. The molecule has 1 N–H and O–H groups in total. The fourth-order valence-corrected chi connectivity index (χ4v) is 1.68. The molecule has 0 aliphatic heterocycles. The number of nitriles is 1. The zero-order chi connectivity index (χ0) is 16.0. The summed E-state index contributed by atoms with van der Waals surface area (Å²) >= 11 is 0. The van der Waals surface area contributed by atoms with Crippen molar-refractivity contribution in [2.45, 2.75) is 6.18 Å². The number of hydrogen-bond donors (Lipinski definition) is 1. The number of nitrogens with zero attached hydrogens (tertiary/aromatic N) is 2. The Morgan fingerprint density at radius 3 is 2.32 bits per heavy atom. The third-order valence-corrected chi connectivity index (χ3v) is 2.58. The van der Waals surface area contributed by atoms with E-state index >= 15 is 0 Å². The van der Waals surface area contributed by atoms with Gasteiger partial charge in [0.25, 0.3) is 0 Å². The number of amidine groups is 1. The van der Waals surface area contributed by atoms with Crippen LogP contribution in [-0.2, 0) is 6.18 Å². The zero-order valence-electron chi connectivity index (χ0n) is 11.1. The van der Waals surface area contributed by atoms with Gasteiger partial charge in [-0.2, -0.15) is 18.4 Å². The lowest BCUT2D eigenvalue weighted by Gasteiger charge is -2.15. The number of alkyl halides is 3. The Balaban J connectivity index is 2.27. The number of nitrogens with one attached hydrogen (secondary N) is 1. The largest absolute Gasteiger partial charge is 0.425 e. The molecule has 0 aromatic heterocycles. The van der Waals surface area contributed by atoms with Crippen molar-refractivity contribution in [1.82, 2.24) is 0 Å². The van der Waals surface area contributed by atoms with Crippen LogP contribution in [0.25, 0.3) is 0 Å². The second-order valence-electron chi connectivity index (χ2n) is 4.10. The Morgan fingerprint density at radius 2 is 1.68 bits per heavy atom. The molecule has 0 amide bonds. The van der Waals surface area contributed by atoms with Crippen molar-refractivity contribution in [3.8, 4) is 11.9 Å². The second-order valence-corrected chi connectivity index (χ2v) is 4.10. The van der Waals surface area contributed by atoms with Gasteiger partial charge >= 0.3 is 12.2 Å². The lowest BCUT2D eigenvalue weighted by molar-refractivity contribution is -0.136. The Labute approximate surface area is 124 Å². The van der Waals surface area contributed by atoms with E-state index < -0.39 is 11.7 Å². The van der Waals surface area contributed by atoms with Crippen molar-refractivity contribution in [1.29, 1.82) is 5.26 Å².